The van der Waals surface area contributed by atoms with Crippen LogP contribution in [0, 0.1) is 6.92 Å². The van der Waals surface area contributed by atoms with E-state index >= 15 is 0 Å². The van der Waals surface area contributed by atoms with Crippen LogP contribution in [0.5, 0.6) is 5.75 Å². The van der Waals surface area contributed by atoms with Gasteiger partial charge >= 0.3 is 0 Å². The molecule has 1 amide bonds. The zero-order valence-corrected chi connectivity index (χ0v) is 15.4. The Morgan fingerprint density at radius 3 is 2.96 bits per heavy atom. The highest BCUT2D eigenvalue weighted by atomic mass is 35.5. The molecule has 1 aromatic rings. The highest BCUT2D eigenvalue weighted by Gasteiger charge is 2.27. The van der Waals surface area contributed by atoms with Crippen molar-refractivity contribution in [2.75, 3.05) is 26.7 Å². The molecule has 0 saturated carbocycles. The van der Waals surface area contributed by atoms with Crippen molar-refractivity contribution < 1.29 is 9.53 Å². The molecule has 4 nitrogen and oxygen atoms in total. The lowest BCUT2D eigenvalue weighted by Gasteiger charge is -2.24. The molecule has 1 fully saturated rings. The molecular weight excluding hydrogens is 335 g/mol. The van der Waals surface area contributed by atoms with Gasteiger partial charge in [0.05, 0.1) is 6.61 Å². The molecule has 0 bridgehead atoms. The maximum Gasteiger partial charge on any atom is 0.222 e. The van der Waals surface area contributed by atoms with Crippen molar-refractivity contribution in [3.05, 3.63) is 28.8 Å². The average Bonchev–Trinajstić information content (AvgIpc) is 2.96. The Hall–Kier alpha value is -0.970. The zero-order valence-electron chi connectivity index (χ0n) is 13.8. The number of rotatable bonds is 7. The van der Waals surface area contributed by atoms with Crippen molar-refractivity contribution in [2.45, 2.75) is 38.6 Å². The lowest BCUT2D eigenvalue weighted by atomic mass is 10.2. The first-order chi connectivity index (χ1) is 10.6. The number of hydrogen-bond donors (Lipinski definition) is 1. The van der Waals surface area contributed by atoms with Crippen molar-refractivity contribution in [1.29, 1.82) is 0 Å². The number of aryl methyl sites for hydroxylation is 1. The Balaban J connectivity index is 0.00000264. The number of amides is 1. The van der Waals surface area contributed by atoms with Crippen molar-refractivity contribution in [1.82, 2.24) is 10.2 Å². The number of nitrogens with zero attached hydrogens (tertiary/aromatic N) is 1. The zero-order chi connectivity index (χ0) is 15.9. The molecule has 0 aliphatic carbocycles. The normalized spacial score (nSPS) is 17.0. The van der Waals surface area contributed by atoms with Crippen LogP contribution in [0.3, 0.4) is 0 Å². The Kier molecular flexibility index (Phi) is 8.74. The number of ether oxygens (including phenoxy) is 1. The minimum absolute atomic E-state index is 0. The van der Waals surface area contributed by atoms with Crippen LogP contribution < -0.4 is 10.1 Å². The highest BCUT2D eigenvalue weighted by Crippen LogP contribution is 2.21. The van der Waals surface area contributed by atoms with Gasteiger partial charge in [-0.25, -0.2) is 0 Å². The number of likely N-dealkylation sites (N-methyl/N-ethyl adjacent to an activating group) is 1. The molecule has 1 aromatic carbocycles. The number of nitrogens with one attached hydrogen (secondary N) is 1. The highest BCUT2D eigenvalue weighted by molar-refractivity contribution is 6.31. The van der Waals surface area contributed by atoms with Gasteiger partial charge in [0, 0.05) is 30.6 Å². The third kappa shape index (κ3) is 5.87. The van der Waals surface area contributed by atoms with E-state index in [-0.39, 0.29) is 18.3 Å². The molecular formula is C17H26Cl2N2O2. The summed E-state index contributed by atoms with van der Waals surface area (Å²) in [5, 5.41) is 3.91. The van der Waals surface area contributed by atoms with E-state index < -0.39 is 0 Å². The second-order valence-corrected chi connectivity index (χ2v) is 6.21. The summed E-state index contributed by atoms with van der Waals surface area (Å²) in [6, 6.07) is 5.98. The first-order valence-electron chi connectivity index (χ1n) is 7.95. The van der Waals surface area contributed by atoms with Crippen LogP contribution in [0.2, 0.25) is 5.02 Å². The SMILES string of the molecule is CNCC1CCCN1C(=O)CCCOc1ccc(Cl)c(C)c1.Cl. The summed E-state index contributed by atoms with van der Waals surface area (Å²) in [6.07, 6.45) is 3.50. The topological polar surface area (TPSA) is 41.6 Å². The quantitative estimate of drug-likeness (QED) is 0.757. The monoisotopic (exact) mass is 360 g/mol. The number of hydrogen-bond acceptors (Lipinski definition) is 3. The smallest absolute Gasteiger partial charge is 0.222 e. The molecule has 0 radical (unpaired) electrons. The first kappa shape index (κ1) is 20.1. The molecule has 23 heavy (non-hydrogen) atoms. The van der Waals surface area contributed by atoms with Crippen LogP contribution in [-0.2, 0) is 4.79 Å². The van der Waals surface area contributed by atoms with Gasteiger partial charge in [-0.1, -0.05) is 11.6 Å². The Morgan fingerprint density at radius 1 is 1.48 bits per heavy atom. The van der Waals surface area contributed by atoms with Crippen LogP contribution in [-0.4, -0.2) is 43.6 Å². The summed E-state index contributed by atoms with van der Waals surface area (Å²) in [6.45, 7) is 4.28. The van der Waals surface area contributed by atoms with Crippen molar-refractivity contribution in [3.8, 4) is 5.75 Å². The molecule has 1 unspecified atom stereocenters. The lowest BCUT2D eigenvalue weighted by molar-refractivity contribution is -0.132. The molecule has 1 saturated heterocycles. The summed E-state index contributed by atoms with van der Waals surface area (Å²) in [5.41, 5.74) is 1.00. The van der Waals surface area contributed by atoms with Crippen molar-refractivity contribution in [3.63, 3.8) is 0 Å². The van der Waals surface area contributed by atoms with Crippen LogP contribution in [0.25, 0.3) is 0 Å². The minimum atomic E-state index is 0. The molecule has 130 valence electrons. The Bertz CT molecular complexity index is 511. The van der Waals surface area contributed by atoms with E-state index in [2.05, 4.69) is 5.32 Å². The number of benzene rings is 1. The van der Waals surface area contributed by atoms with Crippen LogP contribution in [0.15, 0.2) is 18.2 Å². The van der Waals surface area contributed by atoms with E-state index in [1.807, 2.05) is 37.1 Å². The van der Waals surface area contributed by atoms with Gasteiger partial charge in [0.25, 0.3) is 0 Å². The van der Waals surface area contributed by atoms with Crippen molar-refractivity contribution >= 4 is 29.9 Å². The lowest BCUT2D eigenvalue weighted by Crippen LogP contribution is -2.40. The number of carbonyl (C=O) groups excluding carboxylic acids is 1. The molecule has 1 atom stereocenters. The standard InChI is InChI=1S/C17H25ClN2O2.ClH/c1-13-11-15(7-8-16(13)18)22-10-4-6-17(21)20-9-3-5-14(20)12-19-2;/h7-8,11,14,19H,3-6,9-10,12H2,1-2H3;1H. The number of likely N-dealkylation sites (tertiary alicyclic amines) is 1. The number of carbonyl (C=O) groups is 1. The van der Waals surface area contributed by atoms with Gasteiger partial charge < -0.3 is 15.0 Å². The molecule has 0 aromatic heterocycles. The van der Waals surface area contributed by atoms with E-state index in [0.29, 0.717) is 19.1 Å². The van der Waals surface area contributed by atoms with Crippen LogP contribution in [0.4, 0.5) is 0 Å². The van der Waals surface area contributed by atoms with Crippen LogP contribution in [0.1, 0.15) is 31.2 Å². The molecule has 2 rings (SSSR count). The van der Waals surface area contributed by atoms with E-state index in [4.69, 9.17) is 16.3 Å². The molecule has 1 aliphatic rings. The predicted octanol–water partition coefficient (Wildman–Crippen LogP) is 3.44. The second kappa shape index (κ2) is 10.0. The summed E-state index contributed by atoms with van der Waals surface area (Å²) in [4.78, 5) is 14.3. The third-order valence-corrected chi connectivity index (χ3v) is 4.49. The van der Waals surface area contributed by atoms with Gasteiger partial charge in [-0.3, -0.25) is 4.79 Å². The minimum Gasteiger partial charge on any atom is -0.494 e. The Labute approximate surface area is 149 Å². The fraction of sp³-hybridized carbons (Fsp3) is 0.588. The van der Waals surface area contributed by atoms with Crippen LogP contribution >= 0.6 is 24.0 Å². The molecule has 1 aliphatic heterocycles. The summed E-state index contributed by atoms with van der Waals surface area (Å²) in [7, 11) is 1.93. The second-order valence-electron chi connectivity index (χ2n) is 5.80. The average molecular weight is 361 g/mol. The first-order valence-corrected chi connectivity index (χ1v) is 8.32. The maximum absolute atomic E-state index is 12.3. The van der Waals surface area contributed by atoms with Crippen molar-refractivity contribution in [2.24, 2.45) is 0 Å². The van der Waals surface area contributed by atoms with Gasteiger partial charge in [-0.15, -0.1) is 12.4 Å². The van der Waals surface area contributed by atoms with E-state index in [0.717, 1.165) is 48.7 Å². The largest absolute Gasteiger partial charge is 0.494 e. The van der Waals surface area contributed by atoms with Gasteiger partial charge in [0.2, 0.25) is 5.91 Å². The molecule has 6 heteroatoms. The third-order valence-electron chi connectivity index (χ3n) is 4.07. The molecule has 0 spiro atoms. The fourth-order valence-electron chi connectivity index (χ4n) is 2.88. The summed E-state index contributed by atoms with van der Waals surface area (Å²) in [5.74, 6) is 1.05. The van der Waals surface area contributed by atoms with E-state index in [1.165, 1.54) is 0 Å². The maximum atomic E-state index is 12.3. The van der Waals surface area contributed by atoms with Gasteiger partial charge in [-0.2, -0.15) is 0 Å². The summed E-state index contributed by atoms with van der Waals surface area (Å²) < 4.78 is 5.69. The fourth-order valence-corrected chi connectivity index (χ4v) is 2.99. The van der Waals surface area contributed by atoms with Gasteiger partial charge in [0.15, 0.2) is 0 Å². The summed E-state index contributed by atoms with van der Waals surface area (Å²) >= 11 is 5.98. The van der Waals surface area contributed by atoms with E-state index in [9.17, 15) is 4.79 Å². The van der Waals surface area contributed by atoms with E-state index in [1.54, 1.807) is 0 Å². The Morgan fingerprint density at radius 2 is 2.26 bits per heavy atom. The van der Waals surface area contributed by atoms with Gasteiger partial charge in [-0.05, 0) is 57.0 Å². The number of halogens is 2. The molecule has 1 N–H and O–H groups in total. The predicted molar refractivity (Wildman–Crippen MR) is 96.8 cm³/mol. The molecule has 1 heterocycles. The van der Waals surface area contributed by atoms with Gasteiger partial charge in [0.1, 0.15) is 5.75 Å².